The van der Waals surface area contributed by atoms with Crippen LogP contribution in [0.25, 0.3) is 0 Å². The molecule has 1 aromatic heterocycles. The van der Waals surface area contributed by atoms with E-state index in [4.69, 9.17) is 19.8 Å². The number of aliphatic carboxylic acids is 2. The Labute approximate surface area is 213 Å². The topological polar surface area (TPSA) is 131 Å². The number of pyridine rings is 1. The van der Waals surface area contributed by atoms with E-state index < -0.39 is 24.3 Å². The predicted octanol–water partition coefficient (Wildman–Crippen LogP) is 2.25. The molecule has 0 aromatic carbocycles. The minimum absolute atomic E-state index is 0.0972. The first kappa shape index (κ1) is 32.6. The zero-order valence-electron chi connectivity index (χ0n) is 20.6. The third-order valence-corrected chi connectivity index (χ3v) is 5.62. The third-order valence-electron chi connectivity index (χ3n) is 5.62. The van der Waals surface area contributed by atoms with Gasteiger partial charge >= 0.3 is 24.3 Å². The molecule has 1 atom stereocenters. The van der Waals surface area contributed by atoms with Crippen LogP contribution in [0, 0.1) is 5.41 Å². The quantitative estimate of drug-likeness (QED) is 0.541. The molecule has 0 radical (unpaired) electrons. The standard InChI is InChI=1S/C18H26N4O2.2C2HF3O2/c1-3-21-13-18(9-17(21)24)12-20(7-8-22(14-18)15(2)23)11-16-5-4-6-19-10-16;2*3-2(4,5)1(6)7/h4-6,10H,3,7-9,11-14H2,1-2H3;2*(H,6,7). The van der Waals surface area contributed by atoms with Gasteiger partial charge in [-0.05, 0) is 18.6 Å². The number of aromatic nitrogens is 1. The highest BCUT2D eigenvalue weighted by Crippen LogP contribution is 2.35. The van der Waals surface area contributed by atoms with Crippen molar-refractivity contribution in [2.45, 2.75) is 39.2 Å². The Morgan fingerprint density at radius 2 is 1.55 bits per heavy atom. The number of amides is 2. The Bertz CT molecular complexity index is 951. The molecule has 2 fully saturated rings. The molecule has 3 heterocycles. The lowest BCUT2D eigenvalue weighted by Crippen LogP contribution is -2.44. The normalized spacial score (nSPS) is 20.2. The highest BCUT2D eigenvalue weighted by atomic mass is 19.4. The number of carboxylic acid groups (broad SMARTS) is 2. The van der Waals surface area contributed by atoms with Crippen molar-refractivity contribution in [3.8, 4) is 0 Å². The van der Waals surface area contributed by atoms with Gasteiger partial charge in [-0.25, -0.2) is 9.59 Å². The van der Waals surface area contributed by atoms with E-state index in [9.17, 15) is 35.9 Å². The fourth-order valence-electron chi connectivity index (χ4n) is 3.98. The molecule has 10 nitrogen and oxygen atoms in total. The summed E-state index contributed by atoms with van der Waals surface area (Å²) in [5.41, 5.74) is 1.01. The van der Waals surface area contributed by atoms with Gasteiger partial charge in [-0.15, -0.1) is 0 Å². The fraction of sp³-hybridized carbons (Fsp3) is 0.591. The third kappa shape index (κ3) is 10.5. The number of carbonyl (C=O) groups excluding carboxylic acids is 2. The lowest BCUT2D eigenvalue weighted by atomic mass is 9.85. The zero-order valence-corrected chi connectivity index (χ0v) is 20.6. The molecule has 3 rings (SSSR count). The number of carboxylic acids is 2. The van der Waals surface area contributed by atoms with Gasteiger partial charge in [0.05, 0.1) is 0 Å². The smallest absolute Gasteiger partial charge is 0.475 e. The van der Waals surface area contributed by atoms with E-state index in [2.05, 4.69) is 16.0 Å². The summed E-state index contributed by atoms with van der Waals surface area (Å²) in [5, 5.41) is 14.2. The van der Waals surface area contributed by atoms with Crippen LogP contribution >= 0.6 is 0 Å². The number of carbonyl (C=O) groups is 4. The van der Waals surface area contributed by atoms with Crippen LogP contribution in [0.15, 0.2) is 24.5 Å². The predicted molar refractivity (Wildman–Crippen MR) is 118 cm³/mol. The summed E-state index contributed by atoms with van der Waals surface area (Å²) < 4.78 is 63.5. The van der Waals surface area contributed by atoms with E-state index in [0.717, 1.165) is 39.3 Å². The molecule has 16 heteroatoms. The maximum Gasteiger partial charge on any atom is 0.490 e. The summed E-state index contributed by atoms with van der Waals surface area (Å²) in [6, 6.07) is 4.02. The van der Waals surface area contributed by atoms with Gasteiger partial charge in [0, 0.05) is 77.0 Å². The number of rotatable bonds is 3. The Balaban J connectivity index is 0.000000426. The van der Waals surface area contributed by atoms with E-state index >= 15 is 0 Å². The Morgan fingerprint density at radius 1 is 1.00 bits per heavy atom. The van der Waals surface area contributed by atoms with Gasteiger partial charge in [-0.3, -0.25) is 19.5 Å². The van der Waals surface area contributed by atoms with E-state index in [-0.39, 0.29) is 17.2 Å². The lowest BCUT2D eigenvalue weighted by Gasteiger charge is -2.33. The van der Waals surface area contributed by atoms with E-state index in [1.807, 2.05) is 29.0 Å². The molecule has 0 aliphatic carbocycles. The first-order valence-corrected chi connectivity index (χ1v) is 11.1. The van der Waals surface area contributed by atoms with Gasteiger partial charge in [0.25, 0.3) is 0 Å². The van der Waals surface area contributed by atoms with Crippen LogP contribution in [0.1, 0.15) is 25.8 Å². The highest BCUT2D eigenvalue weighted by molar-refractivity contribution is 5.80. The van der Waals surface area contributed by atoms with Gasteiger partial charge in [-0.1, -0.05) is 6.07 Å². The van der Waals surface area contributed by atoms with Crippen LogP contribution in [0.5, 0.6) is 0 Å². The summed E-state index contributed by atoms with van der Waals surface area (Å²) in [6.07, 6.45) is -5.97. The van der Waals surface area contributed by atoms with E-state index in [0.29, 0.717) is 13.0 Å². The largest absolute Gasteiger partial charge is 0.490 e. The van der Waals surface area contributed by atoms with Crippen molar-refractivity contribution >= 4 is 23.8 Å². The Kier molecular flexibility index (Phi) is 11.5. The lowest BCUT2D eigenvalue weighted by molar-refractivity contribution is -0.193. The maximum atomic E-state index is 12.3. The molecule has 0 bridgehead atoms. The number of alkyl halides is 6. The van der Waals surface area contributed by atoms with Crippen LogP contribution in [0.3, 0.4) is 0 Å². The molecule has 2 N–H and O–H groups in total. The average Bonchev–Trinajstić information content (AvgIpc) is 2.99. The van der Waals surface area contributed by atoms with Crippen LogP contribution < -0.4 is 0 Å². The summed E-state index contributed by atoms with van der Waals surface area (Å²) in [4.78, 5) is 52.5. The number of hydrogen-bond acceptors (Lipinski definition) is 6. The first-order chi connectivity index (χ1) is 17.4. The van der Waals surface area contributed by atoms with Crippen LogP contribution in [-0.4, -0.2) is 105 Å². The van der Waals surface area contributed by atoms with Crippen molar-refractivity contribution in [2.75, 3.05) is 39.3 Å². The summed E-state index contributed by atoms with van der Waals surface area (Å²) >= 11 is 0. The summed E-state index contributed by atoms with van der Waals surface area (Å²) in [7, 11) is 0. The monoisotopic (exact) mass is 558 g/mol. The number of hydrogen-bond donors (Lipinski definition) is 2. The molecule has 0 saturated carbocycles. The first-order valence-electron chi connectivity index (χ1n) is 11.1. The van der Waals surface area contributed by atoms with Crippen LogP contribution in [0.4, 0.5) is 26.3 Å². The summed E-state index contributed by atoms with van der Waals surface area (Å²) in [6.45, 7) is 9.00. The van der Waals surface area contributed by atoms with Crippen molar-refractivity contribution in [1.29, 1.82) is 0 Å². The van der Waals surface area contributed by atoms with Crippen molar-refractivity contribution in [3.05, 3.63) is 30.1 Å². The van der Waals surface area contributed by atoms with E-state index in [1.165, 1.54) is 5.56 Å². The van der Waals surface area contributed by atoms with Crippen molar-refractivity contribution in [3.63, 3.8) is 0 Å². The SMILES string of the molecule is CCN1CC2(CC1=O)CN(Cc1cccnc1)CCN(C(C)=O)C2.O=C(O)C(F)(F)F.O=C(O)C(F)(F)F. The molecule has 1 unspecified atom stereocenters. The van der Waals surface area contributed by atoms with Gasteiger partial charge < -0.3 is 20.0 Å². The number of halogens is 6. The molecule has 2 aliphatic heterocycles. The van der Waals surface area contributed by atoms with Crippen molar-refractivity contribution in [1.82, 2.24) is 19.7 Å². The zero-order chi connectivity index (χ0) is 29.3. The van der Waals surface area contributed by atoms with Crippen LogP contribution in [0.2, 0.25) is 0 Å². The Hall–Kier alpha value is -3.43. The molecule has 38 heavy (non-hydrogen) atoms. The Morgan fingerprint density at radius 3 is 1.95 bits per heavy atom. The summed E-state index contributed by atoms with van der Waals surface area (Å²) in [5.74, 6) is -5.20. The molecule has 1 aromatic rings. The molecule has 1 spiro atoms. The van der Waals surface area contributed by atoms with Gasteiger partial charge in [0.1, 0.15) is 0 Å². The molecule has 2 amide bonds. The maximum absolute atomic E-state index is 12.3. The second-order valence-corrected chi connectivity index (χ2v) is 8.70. The van der Waals surface area contributed by atoms with Gasteiger partial charge in [-0.2, -0.15) is 26.3 Å². The second kappa shape index (κ2) is 13.4. The number of likely N-dealkylation sites (tertiary alicyclic amines) is 1. The van der Waals surface area contributed by atoms with Crippen LogP contribution in [-0.2, 0) is 25.7 Å². The minimum Gasteiger partial charge on any atom is -0.475 e. The molecular formula is C22H28F6N4O6. The highest BCUT2D eigenvalue weighted by Gasteiger charge is 2.46. The molecular weight excluding hydrogens is 530 g/mol. The molecule has 214 valence electrons. The van der Waals surface area contributed by atoms with E-state index in [1.54, 1.807) is 13.1 Å². The average molecular weight is 558 g/mol. The van der Waals surface area contributed by atoms with Gasteiger partial charge in [0.15, 0.2) is 0 Å². The number of nitrogens with zero attached hydrogens (tertiary/aromatic N) is 4. The molecule has 2 aliphatic rings. The van der Waals surface area contributed by atoms with Gasteiger partial charge in [0.2, 0.25) is 11.8 Å². The van der Waals surface area contributed by atoms with Crippen molar-refractivity contribution < 1.29 is 55.7 Å². The molecule has 2 saturated heterocycles. The van der Waals surface area contributed by atoms with Crippen molar-refractivity contribution in [2.24, 2.45) is 5.41 Å². The second-order valence-electron chi connectivity index (χ2n) is 8.70. The fourth-order valence-corrected chi connectivity index (χ4v) is 3.98. The minimum atomic E-state index is -5.08.